The lowest BCUT2D eigenvalue weighted by Crippen LogP contribution is -2.44. The van der Waals surface area contributed by atoms with Gasteiger partial charge in [-0.1, -0.05) is 12.1 Å². The molecule has 1 aromatic carbocycles. The number of likely N-dealkylation sites (N-methyl/N-ethyl adjacent to an activating group) is 1. The van der Waals surface area contributed by atoms with Crippen molar-refractivity contribution in [3.05, 3.63) is 72.1 Å². The molecule has 2 aromatic heterocycles. The molecule has 1 aliphatic rings. The molecule has 0 atom stereocenters. The second kappa shape index (κ2) is 8.41. The smallest absolute Gasteiger partial charge is 0.257 e. The first-order valence-electron chi connectivity index (χ1n) is 9.83. The van der Waals surface area contributed by atoms with Crippen molar-refractivity contribution in [3.63, 3.8) is 0 Å². The van der Waals surface area contributed by atoms with Crippen molar-refractivity contribution < 1.29 is 4.79 Å². The van der Waals surface area contributed by atoms with Crippen LogP contribution in [0, 0.1) is 6.92 Å². The third-order valence-corrected chi connectivity index (χ3v) is 5.27. The summed E-state index contributed by atoms with van der Waals surface area (Å²) in [4.78, 5) is 26.2. The fraction of sp³-hybridized carbons (Fsp3) is 0.261. The number of amides is 1. The van der Waals surface area contributed by atoms with Crippen LogP contribution in [-0.2, 0) is 0 Å². The number of hydrogen-bond donors (Lipinski definition) is 1. The predicted molar refractivity (Wildman–Crippen MR) is 116 cm³/mol. The molecule has 0 bridgehead atoms. The predicted octanol–water partition coefficient (Wildman–Crippen LogP) is 3.46. The lowest BCUT2D eigenvalue weighted by molar-refractivity contribution is 0.102. The highest BCUT2D eigenvalue weighted by Crippen LogP contribution is 2.25. The van der Waals surface area contributed by atoms with Crippen LogP contribution in [0.5, 0.6) is 0 Å². The molecule has 1 aliphatic heterocycles. The van der Waals surface area contributed by atoms with Crippen molar-refractivity contribution in [1.82, 2.24) is 14.9 Å². The van der Waals surface area contributed by atoms with Gasteiger partial charge in [-0.3, -0.25) is 9.78 Å². The average Bonchev–Trinajstić information content (AvgIpc) is 2.76. The van der Waals surface area contributed by atoms with Crippen LogP contribution in [-0.4, -0.2) is 54.0 Å². The molecule has 0 spiro atoms. The zero-order valence-corrected chi connectivity index (χ0v) is 16.8. The topological polar surface area (TPSA) is 61.4 Å². The Labute approximate surface area is 171 Å². The molecular weight excluding hydrogens is 362 g/mol. The van der Waals surface area contributed by atoms with Gasteiger partial charge in [-0.2, -0.15) is 0 Å². The molecule has 1 fully saturated rings. The summed E-state index contributed by atoms with van der Waals surface area (Å²) in [6.07, 6.45) is 3.42. The molecule has 0 aliphatic carbocycles. The Morgan fingerprint density at radius 1 is 1.00 bits per heavy atom. The number of anilines is 2. The van der Waals surface area contributed by atoms with Crippen LogP contribution >= 0.6 is 0 Å². The Kier molecular flexibility index (Phi) is 5.53. The van der Waals surface area contributed by atoms with Crippen molar-refractivity contribution in [3.8, 4) is 11.3 Å². The highest BCUT2D eigenvalue weighted by atomic mass is 16.1. The Morgan fingerprint density at radius 2 is 1.83 bits per heavy atom. The molecule has 1 amide bonds. The molecule has 4 rings (SSSR count). The Hall–Kier alpha value is -3.25. The standard InChI is InChI=1S/C23H25N5O/c1-17-6-8-19(15-20(17)21-5-3-4-10-24-21)26-23(29)18-7-9-22(25-16-18)28-13-11-27(2)12-14-28/h3-10,15-16H,11-14H2,1-2H3,(H,26,29). The van der Waals surface area contributed by atoms with Crippen LogP contribution in [0.1, 0.15) is 15.9 Å². The van der Waals surface area contributed by atoms with Gasteiger partial charge in [-0.25, -0.2) is 4.98 Å². The minimum atomic E-state index is -0.168. The van der Waals surface area contributed by atoms with E-state index in [0.717, 1.165) is 54.5 Å². The van der Waals surface area contributed by atoms with E-state index in [1.165, 1.54) is 0 Å². The number of benzene rings is 1. The van der Waals surface area contributed by atoms with E-state index in [9.17, 15) is 4.79 Å². The second-order valence-corrected chi connectivity index (χ2v) is 7.39. The SMILES string of the molecule is Cc1ccc(NC(=O)c2ccc(N3CCN(C)CC3)nc2)cc1-c1ccccn1. The van der Waals surface area contributed by atoms with Gasteiger partial charge in [0.2, 0.25) is 0 Å². The van der Waals surface area contributed by atoms with Gasteiger partial charge < -0.3 is 15.1 Å². The first-order valence-corrected chi connectivity index (χ1v) is 9.83. The number of carbonyl (C=O) groups is 1. The average molecular weight is 387 g/mol. The van der Waals surface area contributed by atoms with Crippen LogP contribution < -0.4 is 10.2 Å². The number of nitrogens with zero attached hydrogens (tertiary/aromatic N) is 4. The van der Waals surface area contributed by atoms with Crippen molar-refractivity contribution in [2.75, 3.05) is 43.4 Å². The zero-order valence-electron chi connectivity index (χ0n) is 16.8. The molecule has 3 heterocycles. The molecule has 6 nitrogen and oxygen atoms in total. The molecule has 1 N–H and O–H groups in total. The summed E-state index contributed by atoms with van der Waals surface area (Å²) in [7, 11) is 2.13. The van der Waals surface area contributed by atoms with E-state index in [0.29, 0.717) is 5.56 Å². The summed E-state index contributed by atoms with van der Waals surface area (Å²) in [6, 6.07) is 15.4. The van der Waals surface area contributed by atoms with E-state index in [-0.39, 0.29) is 5.91 Å². The maximum atomic E-state index is 12.7. The Balaban J connectivity index is 1.47. The molecule has 29 heavy (non-hydrogen) atoms. The van der Waals surface area contributed by atoms with E-state index in [1.807, 2.05) is 55.5 Å². The molecule has 6 heteroatoms. The van der Waals surface area contributed by atoms with Crippen molar-refractivity contribution in [1.29, 1.82) is 0 Å². The second-order valence-electron chi connectivity index (χ2n) is 7.39. The monoisotopic (exact) mass is 387 g/mol. The number of aryl methyl sites for hydroxylation is 1. The van der Waals surface area contributed by atoms with E-state index in [2.05, 4.69) is 32.1 Å². The maximum absolute atomic E-state index is 12.7. The summed E-state index contributed by atoms with van der Waals surface area (Å²) in [5.41, 5.74) is 4.29. The van der Waals surface area contributed by atoms with Gasteiger partial charge in [0, 0.05) is 49.8 Å². The van der Waals surface area contributed by atoms with E-state index in [4.69, 9.17) is 0 Å². The van der Waals surface area contributed by atoms with Crippen LogP contribution in [0.3, 0.4) is 0 Å². The van der Waals surface area contributed by atoms with Crippen molar-refractivity contribution in [2.45, 2.75) is 6.92 Å². The minimum absolute atomic E-state index is 0.168. The highest BCUT2D eigenvalue weighted by molar-refractivity contribution is 6.04. The van der Waals surface area contributed by atoms with Crippen LogP contribution in [0.2, 0.25) is 0 Å². The fourth-order valence-corrected chi connectivity index (χ4v) is 3.44. The summed E-state index contributed by atoms with van der Waals surface area (Å²) in [5, 5.41) is 2.97. The van der Waals surface area contributed by atoms with Gasteiger partial charge in [0.25, 0.3) is 5.91 Å². The van der Waals surface area contributed by atoms with E-state index < -0.39 is 0 Å². The summed E-state index contributed by atoms with van der Waals surface area (Å²) < 4.78 is 0. The Morgan fingerprint density at radius 3 is 2.52 bits per heavy atom. The van der Waals surface area contributed by atoms with Crippen LogP contribution in [0.4, 0.5) is 11.5 Å². The lowest BCUT2D eigenvalue weighted by Gasteiger charge is -2.33. The molecule has 1 saturated heterocycles. The summed E-state index contributed by atoms with van der Waals surface area (Å²) >= 11 is 0. The van der Waals surface area contributed by atoms with E-state index in [1.54, 1.807) is 12.4 Å². The fourth-order valence-electron chi connectivity index (χ4n) is 3.44. The molecule has 148 valence electrons. The first-order chi connectivity index (χ1) is 14.1. The third-order valence-electron chi connectivity index (χ3n) is 5.27. The van der Waals surface area contributed by atoms with Gasteiger partial charge in [-0.15, -0.1) is 0 Å². The van der Waals surface area contributed by atoms with Gasteiger partial charge in [-0.05, 0) is 55.9 Å². The number of rotatable bonds is 4. The number of hydrogen-bond acceptors (Lipinski definition) is 5. The van der Waals surface area contributed by atoms with Gasteiger partial charge in [0.1, 0.15) is 5.82 Å². The Bertz CT molecular complexity index is 980. The first kappa shape index (κ1) is 19.1. The lowest BCUT2D eigenvalue weighted by atomic mass is 10.0. The number of pyridine rings is 2. The molecule has 0 radical (unpaired) electrons. The zero-order chi connectivity index (χ0) is 20.2. The number of carbonyl (C=O) groups excluding carboxylic acids is 1. The number of piperazine rings is 1. The third kappa shape index (κ3) is 4.43. The largest absolute Gasteiger partial charge is 0.354 e. The van der Waals surface area contributed by atoms with Gasteiger partial charge in [0.15, 0.2) is 0 Å². The molecular formula is C23H25N5O. The van der Waals surface area contributed by atoms with Crippen molar-refractivity contribution in [2.24, 2.45) is 0 Å². The van der Waals surface area contributed by atoms with Crippen LogP contribution in [0.15, 0.2) is 60.9 Å². The quantitative estimate of drug-likeness (QED) is 0.743. The van der Waals surface area contributed by atoms with Gasteiger partial charge in [0.05, 0.1) is 11.3 Å². The normalized spacial score (nSPS) is 14.6. The van der Waals surface area contributed by atoms with Gasteiger partial charge >= 0.3 is 0 Å². The highest BCUT2D eigenvalue weighted by Gasteiger charge is 2.16. The molecule has 3 aromatic rings. The van der Waals surface area contributed by atoms with Crippen LogP contribution in [0.25, 0.3) is 11.3 Å². The summed E-state index contributed by atoms with van der Waals surface area (Å²) in [6.45, 7) is 5.99. The number of aromatic nitrogens is 2. The molecule has 0 unspecified atom stereocenters. The molecule has 0 saturated carbocycles. The summed E-state index contributed by atoms with van der Waals surface area (Å²) in [5.74, 6) is 0.751. The number of nitrogens with one attached hydrogen (secondary N) is 1. The minimum Gasteiger partial charge on any atom is -0.354 e. The van der Waals surface area contributed by atoms with Crippen molar-refractivity contribution >= 4 is 17.4 Å². The maximum Gasteiger partial charge on any atom is 0.257 e. The van der Waals surface area contributed by atoms with E-state index >= 15 is 0 Å².